The van der Waals surface area contributed by atoms with Gasteiger partial charge in [0.15, 0.2) is 15.4 Å². The van der Waals surface area contributed by atoms with Crippen molar-refractivity contribution in [1.29, 1.82) is 0 Å². The van der Waals surface area contributed by atoms with Gasteiger partial charge in [-0.25, -0.2) is 12.8 Å². The van der Waals surface area contributed by atoms with Gasteiger partial charge in [0.2, 0.25) is 0 Å². The van der Waals surface area contributed by atoms with Gasteiger partial charge in [0.25, 0.3) is 17.6 Å². The molecule has 1 atom stereocenters. The molecule has 0 saturated heterocycles. The van der Waals surface area contributed by atoms with Gasteiger partial charge in [0, 0.05) is 7.05 Å². The maximum Gasteiger partial charge on any atom is 0.272 e. The Labute approximate surface area is 172 Å². The topological polar surface area (TPSA) is 130 Å². The minimum absolute atomic E-state index is 0.143. The Balaban J connectivity index is 2.23. The lowest BCUT2D eigenvalue weighted by atomic mass is 10.1. The van der Waals surface area contributed by atoms with Crippen LogP contribution in [0.25, 0.3) is 4.85 Å². The van der Waals surface area contributed by atoms with Crippen molar-refractivity contribution in [2.75, 3.05) is 18.1 Å². The van der Waals surface area contributed by atoms with E-state index < -0.39 is 43.7 Å². The molecule has 30 heavy (non-hydrogen) atoms. The fourth-order valence-corrected chi connectivity index (χ4v) is 4.14. The van der Waals surface area contributed by atoms with Crippen molar-refractivity contribution >= 4 is 33.2 Å². The standard InChI is InChI=1S/C19H19FN4O5S/c1-11-7-12(9-23-16(11)21-3)24-18(26)19(2,27)10-30(28,29)13-5-6-14(15(20)8-13)17(25)22-4/h5-9,27H,10H2,1-2,4H3,(H,22,25)(H,24,26)/t19-/m0/s1. The second kappa shape index (κ2) is 8.56. The number of aliphatic hydroxyl groups is 1. The minimum atomic E-state index is -4.28. The summed E-state index contributed by atoms with van der Waals surface area (Å²) in [6, 6.07) is 4.14. The summed E-state index contributed by atoms with van der Waals surface area (Å²) >= 11 is 0. The molecule has 0 radical (unpaired) electrons. The number of hydrogen-bond acceptors (Lipinski definition) is 6. The molecule has 0 aliphatic heterocycles. The number of pyridine rings is 1. The molecule has 158 valence electrons. The van der Waals surface area contributed by atoms with E-state index in [1.165, 1.54) is 19.3 Å². The quantitative estimate of drug-likeness (QED) is 0.592. The van der Waals surface area contributed by atoms with Crippen molar-refractivity contribution in [3.8, 4) is 0 Å². The zero-order chi connectivity index (χ0) is 22.7. The van der Waals surface area contributed by atoms with Crippen LogP contribution in [0.3, 0.4) is 0 Å². The molecule has 3 N–H and O–H groups in total. The predicted octanol–water partition coefficient (Wildman–Crippen LogP) is 1.60. The smallest absolute Gasteiger partial charge is 0.272 e. The van der Waals surface area contributed by atoms with Crippen LogP contribution in [0.4, 0.5) is 15.9 Å². The summed E-state index contributed by atoms with van der Waals surface area (Å²) in [6.07, 6.45) is 1.20. The number of carbonyl (C=O) groups excluding carboxylic acids is 2. The summed E-state index contributed by atoms with van der Waals surface area (Å²) in [6.45, 7) is 9.57. The molecule has 0 aliphatic rings. The molecular weight excluding hydrogens is 415 g/mol. The molecule has 1 heterocycles. The summed E-state index contributed by atoms with van der Waals surface area (Å²) < 4.78 is 39.3. The van der Waals surface area contributed by atoms with Gasteiger partial charge in [0.05, 0.1) is 21.9 Å². The summed E-state index contributed by atoms with van der Waals surface area (Å²) in [4.78, 5) is 30.5. The molecule has 2 amide bonds. The van der Waals surface area contributed by atoms with E-state index in [4.69, 9.17) is 6.57 Å². The Morgan fingerprint density at radius 1 is 1.33 bits per heavy atom. The van der Waals surface area contributed by atoms with Gasteiger partial charge in [-0.05, 0) is 43.7 Å². The van der Waals surface area contributed by atoms with Gasteiger partial charge in [-0.2, -0.15) is 0 Å². The van der Waals surface area contributed by atoms with Crippen molar-refractivity contribution in [1.82, 2.24) is 10.3 Å². The van der Waals surface area contributed by atoms with Crippen LogP contribution in [0.2, 0.25) is 0 Å². The van der Waals surface area contributed by atoms with Crippen molar-refractivity contribution in [2.24, 2.45) is 0 Å². The van der Waals surface area contributed by atoms with E-state index >= 15 is 0 Å². The van der Waals surface area contributed by atoms with Gasteiger partial charge >= 0.3 is 0 Å². The van der Waals surface area contributed by atoms with E-state index in [1.807, 2.05) is 0 Å². The lowest BCUT2D eigenvalue weighted by Crippen LogP contribution is -2.45. The molecule has 2 aromatic rings. The highest BCUT2D eigenvalue weighted by atomic mass is 32.2. The molecule has 11 heteroatoms. The van der Waals surface area contributed by atoms with Crippen molar-refractivity contribution < 1.29 is 27.5 Å². The summed E-state index contributed by atoms with van der Waals surface area (Å²) in [7, 11) is -2.98. The number of rotatable bonds is 6. The Bertz CT molecular complexity index is 1160. The van der Waals surface area contributed by atoms with Crippen LogP contribution in [0.1, 0.15) is 22.8 Å². The Morgan fingerprint density at radius 3 is 2.53 bits per heavy atom. The molecular formula is C19H19FN4O5S. The Hall–Kier alpha value is -3.36. The largest absolute Gasteiger partial charge is 0.379 e. The normalized spacial score (nSPS) is 13.1. The molecule has 9 nitrogen and oxygen atoms in total. The number of carbonyl (C=O) groups is 2. The van der Waals surface area contributed by atoms with Gasteiger partial charge < -0.3 is 20.6 Å². The zero-order valence-corrected chi connectivity index (χ0v) is 17.2. The van der Waals surface area contributed by atoms with Gasteiger partial charge in [-0.15, -0.1) is 4.98 Å². The minimum Gasteiger partial charge on any atom is -0.379 e. The van der Waals surface area contributed by atoms with E-state index in [1.54, 1.807) is 6.92 Å². The number of halogens is 1. The van der Waals surface area contributed by atoms with Gasteiger partial charge in [-0.3, -0.25) is 9.59 Å². The van der Waals surface area contributed by atoms with Crippen molar-refractivity contribution in [3.05, 3.63) is 58.8 Å². The van der Waals surface area contributed by atoms with E-state index in [2.05, 4.69) is 20.5 Å². The number of anilines is 1. The first kappa shape index (κ1) is 22.9. The number of amides is 2. The van der Waals surface area contributed by atoms with E-state index in [-0.39, 0.29) is 17.1 Å². The van der Waals surface area contributed by atoms with Crippen LogP contribution in [0.15, 0.2) is 35.4 Å². The second-order valence-electron chi connectivity index (χ2n) is 6.68. The zero-order valence-electron chi connectivity index (χ0n) is 16.4. The summed E-state index contributed by atoms with van der Waals surface area (Å²) in [5, 5.41) is 15.0. The molecule has 0 aliphatic carbocycles. The van der Waals surface area contributed by atoms with Crippen LogP contribution in [0.5, 0.6) is 0 Å². The first-order valence-electron chi connectivity index (χ1n) is 8.53. The Morgan fingerprint density at radius 2 is 2.00 bits per heavy atom. The Kier molecular flexibility index (Phi) is 6.54. The highest BCUT2D eigenvalue weighted by Crippen LogP contribution is 2.23. The number of nitrogens with zero attached hydrogens (tertiary/aromatic N) is 2. The third kappa shape index (κ3) is 4.97. The van der Waals surface area contributed by atoms with Crippen molar-refractivity contribution in [2.45, 2.75) is 24.3 Å². The lowest BCUT2D eigenvalue weighted by Gasteiger charge is -2.22. The van der Waals surface area contributed by atoms with Crippen LogP contribution in [0, 0.1) is 19.3 Å². The number of aromatic nitrogens is 1. The van der Waals surface area contributed by atoms with E-state index in [0.717, 1.165) is 19.1 Å². The van der Waals surface area contributed by atoms with E-state index in [0.29, 0.717) is 11.6 Å². The molecule has 0 spiro atoms. The van der Waals surface area contributed by atoms with Crippen LogP contribution in [-0.2, 0) is 14.6 Å². The fraction of sp³-hybridized carbons (Fsp3) is 0.263. The number of sulfone groups is 1. The number of benzene rings is 1. The summed E-state index contributed by atoms with van der Waals surface area (Å²) in [5.74, 6) is -3.69. The number of aryl methyl sites for hydroxylation is 1. The van der Waals surface area contributed by atoms with Crippen LogP contribution >= 0.6 is 0 Å². The first-order valence-corrected chi connectivity index (χ1v) is 10.2. The van der Waals surface area contributed by atoms with Crippen LogP contribution in [-0.4, -0.2) is 48.7 Å². The number of nitrogens with one attached hydrogen (secondary N) is 2. The average Bonchev–Trinajstić information content (AvgIpc) is 2.66. The first-order chi connectivity index (χ1) is 13.9. The summed E-state index contributed by atoms with van der Waals surface area (Å²) in [5.41, 5.74) is -2.04. The third-order valence-electron chi connectivity index (χ3n) is 4.15. The molecule has 1 aromatic heterocycles. The maximum atomic E-state index is 14.1. The molecule has 0 saturated carbocycles. The molecule has 0 bridgehead atoms. The molecule has 1 aromatic carbocycles. The monoisotopic (exact) mass is 434 g/mol. The fourth-order valence-electron chi connectivity index (χ4n) is 2.55. The molecule has 0 fully saturated rings. The average molecular weight is 434 g/mol. The number of hydrogen-bond donors (Lipinski definition) is 3. The lowest BCUT2D eigenvalue weighted by molar-refractivity contribution is -0.130. The maximum absolute atomic E-state index is 14.1. The predicted molar refractivity (Wildman–Crippen MR) is 106 cm³/mol. The molecule has 2 rings (SSSR count). The van der Waals surface area contributed by atoms with Gasteiger partial charge in [0.1, 0.15) is 12.0 Å². The highest BCUT2D eigenvalue weighted by molar-refractivity contribution is 7.91. The highest BCUT2D eigenvalue weighted by Gasteiger charge is 2.37. The SMILES string of the molecule is [C-]#[N+]c1ncc(NC(=O)[C@@](C)(O)CS(=O)(=O)c2ccc(C(=O)NC)c(F)c2)cc1C. The third-order valence-corrected chi connectivity index (χ3v) is 6.06. The van der Waals surface area contributed by atoms with Gasteiger partial charge in [-0.1, -0.05) is 6.57 Å². The molecule has 0 unspecified atom stereocenters. The van der Waals surface area contributed by atoms with E-state index in [9.17, 15) is 27.5 Å². The van der Waals surface area contributed by atoms with Crippen LogP contribution < -0.4 is 10.6 Å². The van der Waals surface area contributed by atoms with Crippen molar-refractivity contribution in [3.63, 3.8) is 0 Å². The second-order valence-corrected chi connectivity index (χ2v) is 8.67.